The van der Waals surface area contributed by atoms with Crippen molar-refractivity contribution >= 4 is 11.8 Å². The average Bonchev–Trinajstić information content (AvgIpc) is 2.54. The fourth-order valence-corrected chi connectivity index (χ4v) is 2.91. The highest BCUT2D eigenvalue weighted by molar-refractivity contribution is 7.99. The molecule has 16 heavy (non-hydrogen) atoms. The third kappa shape index (κ3) is 2.77. The Morgan fingerprint density at radius 2 is 2.25 bits per heavy atom. The zero-order valence-corrected chi connectivity index (χ0v) is 10.7. The minimum absolute atomic E-state index is 0.267. The van der Waals surface area contributed by atoms with Crippen molar-refractivity contribution in [2.75, 3.05) is 5.75 Å². The third-order valence-corrected chi connectivity index (χ3v) is 4.18. The first kappa shape index (κ1) is 11.9. The smallest absolute Gasteiger partial charge is 0.191 e. The van der Waals surface area contributed by atoms with Crippen LogP contribution in [0.1, 0.15) is 38.4 Å². The van der Waals surface area contributed by atoms with E-state index in [0.29, 0.717) is 0 Å². The third-order valence-electron chi connectivity index (χ3n) is 3.03. The van der Waals surface area contributed by atoms with E-state index in [9.17, 15) is 0 Å². The first-order valence-corrected chi connectivity index (χ1v) is 7.10. The summed E-state index contributed by atoms with van der Waals surface area (Å²) in [6.45, 7) is 3.20. The van der Waals surface area contributed by atoms with Gasteiger partial charge in [0.2, 0.25) is 0 Å². The summed E-state index contributed by atoms with van der Waals surface area (Å²) in [5.74, 6) is 2.10. The van der Waals surface area contributed by atoms with Gasteiger partial charge in [-0.3, -0.25) is 0 Å². The SMILES string of the molecule is CCC(N)CSc1nnc2n1CCCCC2. The molecule has 0 aliphatic carbocycles. The summed E-state index contributed by atoms with van der Waals surface area (Å²) in [6, 6.07) is 0.267. The van der Waals surface area contributed by atoms with Gasteiger partial charge in [-0.1, -0.05) is 25.1 Å². The Labute approximate surface area is 101 Å². The zero-order chi connectivity index (χ0) is 11.4. The van der Waals surface area contributed by atoms with Gasteiger partial charge in [-0.15, -0.1) is 10.2 Å². The van der Waals surface area contributed by atoms with Crippen molar-refractivity contribution < 1.29 is 0 Å². The molecule has 1 aliphatic heterocycles. The number of hydrogen-bond acceptors (Lipinski definition) is 4. The topological polar surface area (TPSA) is 56.7 Å². The van der Waals surface area contributed by atoms with Gasteiger partial charge in [0.15, 0.2) is 5.16 Å². The molecule has 5 heteroatoms. The molecule has 0 amide bonds. The molecule has 0 radical (unpaired) electrons. The number of aromatic nitrogens is 3. The molecule has 1 unspecified atom stereocenters. The molecular weight excluding hydrogens is 220 g/mol. The lowest BCUT2D eigenvalue weighted by molar-refractivity contribution is 0.590. The number of hydrogen-bond donors (Lipinski definition) is 1. The van der Waals surface area contributed by atoms with Crippen LogP contribution in [0, 0.1) is 0 Å². The van der Waals surface area contributed by atoms with Crippen LogP contribution in [0.25, 0.3) is 0 Å². The zero-order valence-electron chi connectivity index (χ0n) is 9.85. The monoisotopic (exact) mass is 240 g/mol. The van der Waals surface area contributed by atoms with Crippen molar-refractivity contribution in [1.29, 1.82) is 0 Å². The fraction of sp³-hybridized carbons (Fsp3) is 0.818. The maximum absolute atomic E-state index is 5.92. The van der Waals surface area contributed by atoms with Gasteiger partial charge in [-0.25, -0.2) is 0 Å². The summed E-state index contributed by atoms with van der Waals surface area (Å²) in [5, 5.41) is 9.59. The van der Waals surface area contributed by atoms with Crippen molar-refractivity contribution in [3.8, 4) is 0 Å². The van der Waals surface area contributed by atoms with Crippen LogP contribution in [-0.2, 0) is 13.0 Å². The van der Waals surface area contributed by atoms with Gasteiger partial charge in [0.05, 0.1) is 0 Å². The van der Waals surface area contributed by atoms with E-state index >= 15 is 0 Å². The van der Waals surface area contributed by atoms with E-state index in [-0.39, 0.29) is 6.04 Å². The highest BCUT2D eigenvalue weighted by Gasteiger charge is 2.15. The first-order valence-electron chi connectivity index (χ1n) is 6.11. The highest BCUT2D eigenvalue weighted by Crippen LogP contribution is 2.22. The number of nitrogens with two attached hydrogens (primary N) is 1. The molecule has 0 aromatic carbocycles. The molecule has 0 saturated carbocycles. The second kappa shape index (κ2) is 5.68. The number of fused-ring (bicyclic) bond motifs is 1. The molecule has 2 rings (SSSR count). The van der Waals surface area contributed by atoms with Crippen LogP contribution in [0.2, 0.25) is 0 Å². The van der Waals surface area contributed by atoms with E-state index in [2.05, 4.69) is 21.7 Å². The predicted molar refractivity (Wildman–Crippen MR) is 66.6 cm³/mol. The summed E-state index contributed by atoms with van der Waals surface area (Å²) >= 11 is 1.75. The molecule has 2 heterocycles. The summed E-state index contributed by atoms with van der Waals surface area (Å²) < 4.78 is 2.28. The average molecular weight is 240 g/mol. The van der Waals surface area contributed by atoms with Crippen molar-refractivity contribution in [2.45, 2.75) is 56.8 Å². The van der Waals surface area contributed by atoms with Crippen molar-refractivity contribution in [2.24, 2.45) is 5.73 Å². The molecule has 1 aromatic heterocycles. The van der Waals surface area contributed by atoms with Crippen molar-refractivity contribution in [1.82, 2.24) is 14.8 Å². The Morgan fingerprint density at radius 1 is 1.38 bits per heavy atom. The van der Waals surface area contributed by atoms with Gasteiger partial charge < -0.3 is 10.3 Å². The molecule has 4 nitrogen and oxygen atoms in total. The lowest BCUT2D eigenvalue weighted by Crippen LogP contribution is -2.21. The van der Waals surface area contributed by atoms with Crippen LogP contribution in [0.15, 0.2) is 5.16 Å². The van der Waals surface area contributed by atoms with Crippen LogP contribution < -0.4 is 5.73 Å². The van der Waals surface area contributed by atoms with Crippen LogP contribution in [0.5, 0.6) is 0 Å². The van der Waals surface area contributed by atoms with Gasteiger partial charge >= 0.3 is 0 Å². The quantitative estimate of drug-likeness (QED) is 0.816. The molecule has 0 fully saturated rings. The van der Waals surface area contributed by atoms with E-state index in [1.54, 1.807) is 11.8 Å². The van der Waals surface area contributed by atoms with Crippen molar-refractivity contribution in [3.05, 3.63) is 5.82 Å². The molecule has 1 atom stereocenters. The fourth-order valence-electron chi connectivity index (χ4n) is 1.86. The Hall–Kier alpha value is -0.550. The lowest BCUT2D eigenvalue weighted by Gasteiger charge is -2.09. The lowest BCUT2D eigenvalue weighted by atomic mass is 10.2. The largest absolute Gasteiger partial charge is 0.327 e. The summed E-state index contributed by atoms with van der Waals surface area (Å²) in [4.78, 5) is 0. The number of nitrogens with zero attached hydrogens (tertiary/aromatic N) is 3. The summed E-state index contributed by atoms with van der Waals surface area (Å²) in [7, 11) is 0. The maximum atomic E-state index is 5.92. The second-order valence-electron chi connectivity index (χ2n) is 4.34. The van der Waals surface area contributed by atoms with E-state index in [4.69, 9.17) is 5.73 Å². The Morgan fingerprint density at radius 3 is 3.06 bits per heavy atom. The van der Waals surface area contributed by atoms with Crippen LogP contribution >= 0.6 is 11.8 Å². The molecule has 90 valence electrons. The maximum Gasteiger partial charge on any atom is 0.191 e. The number of thioether (sulfide) groups is 1. The normalized spacial score (nSPS) is 17.9. The Kier molecular flexibility index (Phi) is 4.23. The Bertz CT molecular complexity index is 337. The minimum Gasteiger partial charge on any atom is -0.327 e. The second-order valence-corrected chi connectivity index (χ2v) is 5.33. The van der Waals surface area contributed by atoms with E-state index in [1.165, 1.54) is 19.3 Å². The minimum atomic E-state index is 0.267. The first-order chi connectivity index (χ1) is 7.81. The molecule has 2 N–H and O–H groups in total. The number of rotatable bonds is 4. The standard InChI is InChI=1S/C11H20N4S/c1-2-9(12)8-16-11-14-13-10-6-4-3-5-7-15(10)11/h9H,2-8,12H2,1H3. The molecule has 0 bridgehead atoms. The molecule has 1 aromatic rings. The van der Waals surface area contributed by atoms with E-state index < -0.39 is 0 Å². The molecule has 0 spiro atoms. The summed E-state index contributed by atoms with van der Waals surface area (Å²) in [5.41, 5.74) is 5.92. The van der Waals surface area contributed by atoms with Gasteiger partial charge in [-0.05, 0) is 19.3 Å². The van der Waals surface area contributed by atoms with Gasteiger partial charge in [0, 0.05) is 24.8 Å². The van der Waals surface area contributed by atoms with Gasteiger partial charge in [-0.2, -0.15) is 0 Å². The predicted octanol–water partition coefficient (Wildman–Crippen LogP) is 1.83. The molecular formula is C11H20N4S. The van der Waals surface area contributed by atoms with E-state index in [1.807, 2.05) is 0 Å². The van der Waals surface area contributed by atoms with Gasteiger partial charge in [0.25, 0.3) is 0 Å². The van der Waals surface area contributed by atoms with E-state index in [0.717, 1.165) is 36.1 Å². The van der Waals surface area contributed by atoms with Crippen LogP contribution in [-0.4, -0.2) is 26.6 Å². The molecule has 0 saturated heterocycles. The Balaban J connectivity index is 2.01. The molecule has 1 aliphatic rings. The van der Waals surface area contributed by atoms with Crippen LogP contribution in [0.3, 0.4) is 0 Å². The summed E-state index contributed by atoms with van der Waals surface area (Å²) in [6.07, 6.45) is 5.90. The number of aryl methyl sites for hydroxylation is 1. The highest BCUT2D eigenvalue weighted by atomic mass is 32.2. The van der Waals surface area contributed by atoms with Crippen molar-refractivity contribution in [3.63, 3.8) is 0 Å². The van der Waals surface area contributed by atoms with Crippen LogP contribution in [0.4, 0.5) is 0 Å². The van der Waals surface area contributed by atoms with Gasteiger partial charge in [0.1, 0.15) is 5.82 Å².